The number of carbonyl (C=O) groups is 2. The van der Waals surface area contributed by atoms with Crippen LogP contribution in [0.1, 0.15) is 30.1 Å². The molecule has 1 aliphatic heterocycles. The second-order valence-electron chi connectivity index (χ2n) is 5.33. The third kappa shape index (κ3) is 3.52. The fourth-order valence-electron chi connectivity index (χ4n) is 2.57. The van der Waals surface area contributed by atoms with E-state index in [0.29, 0.717) is 29.5 Å². The molecule has 2 atom stereocenters. The molecule has 1 aliphatic rings. The van der Waals surface area contributed by atoms with Crippen LogP contribution in [0.5, 0.6) is 0 Å². The third-order valence-corrected chi connectivity index (χ3v) is 4.87. The second kappa shape index (κ2) is 6.71. The molecule has 1 fully saturated rings. The average molecular weight is 328 g/mol. The summed E-state index contributed by atoms with van der Waals surface area (Å²) in [7, 11) is 0. The number of carboxylic acids is 1. The predicted octanol–water partition coefficient (Wildman–Crippen LogP) is 3.39. The molecule has 0 bridgehead atoms. The third-order valence-electron chi connectivity index (χ3n) is 3.81. The van der Waals surface area contributed by atoms with Gasteiger partial charge >= 0.3 is 5.97 Å². The SMILES string of the molecule is CSc1ccc(Cl)c(C(=O)N2CCC(C)CC2C(=O)O)c1. The van der Waals surface area contributed by atoms with Gasteiger partial charge in [-0.25, -0.2) is 4.79 Å². The van der Waals surface area contributed by atoms with Gasteiger partial charge in [0.15, 0.2) is 0 Å². The average Bonchev–Trinajstić information content (AvgIpc) is 2.47. The highest BCUT2D eigenvalue weighted by Crippen LogP contribution is 2.28. The van der Waals surface area contributed by atoms with E-state index in [4.69, 9.17) is 11.6 Å². The second-order valence-corrected chi connectivity index (χ2v) is 6.61. The monoisotopic (exact) mass is 327 g/mol. The van der Waals surface area contributed by atoms with Gasteiger partial charge in [-0.05, 0) is 43.2 Å². The Balaban J connectivity index is 2.31. The lowest BCUT2D eigenvalue weighted by Gasteiger charge is -2.36. The van der Waals surface area contributed by atoms with Gasteiger partial charge < -0.3 is 10.0 Å². The molecule has 1 heterocycles. The number of piperidine rings is 1. The van der Waals surface area contributed by atoms with Crippen molar-refractivity contribution in [2.45, 2.75) is 30.7 Å². The van der Waals surface area contributed by atoms with Crippen LogP contribution in [0.4, 0.5) is 0 Å². The highest BCUT2D eigenvalue weighted by atomic mass is 35.5. The van der Waals surface area contributed by atoms with Gasteiger partial charge in [-0.3, -0.25) is 4.79 Å². The zero-order valence-corrected chi connectivity index (χ0v) is 13.6. The van der Waals surface area contributed by atoms with Crippen molar-refractivity contribution in [2.24, 2.45) is 5.92 Å². The van der Waals surface area contributed by atoms with Crippen molar-refractivity contribution in [2.75, 3.05) is 12.8 Å². The van der Waals surface area contributed by atoms with Crippen LogP contribution in [0.15, 0.2) is 23.1 Å². The van der Waals surface area contributed by atoms with Crippen molar-refractivity contribution < 1.29 is 14.7 Å². The summed E-state index contributed by atoms with van der Waals surface area (Å²) < 4.78 is 0. The van der Waals surface area contributed by atoms with Crippen LogP contribution >= 0.6 is 23.4 Å². The van der Waals surface area contributed by atoms with Gasteiger partial charge in [0.05, 0.1) is 10.6 Å². The van der Waals surface area contributed by atoms with Crippen LogP contribution in [-0.2, 0) is 4.79 Å². The Morgan fingerprint density at radius 2 is 2.14 bits per heavy atom. The highest BCUT2D eigenvalue weighted by Gasteiger charge is 2.35. The summed E-state index contributed by atoms with van der Waals surface area (Å²) >= 11 is 7.64. The molecule has 114 valence electrons. The first-order valence-corrected chi connectivity index (χ1v) is 8.41. The zero-order chi connectivity index (χ0) is 15.6. The van der Waals surface area contributed by atoms with Crippen LogP contribution in [0.25, 0.3) is 0 Å². The van der Waals surface area contributed by atoms with Crippen LogP contribution in [0, 0.1) is 5.92 Å². The molecule has 0 aromatic heterocycles. The summed E-state index contributed by atoms with van der Waals surface area (Å²) in [6.07, 6.45) is 3.22. The van der Waals surface area contributed by atoms with Gasteiger partial charge in [-0.1, -0.05) is 18.5 Å². The molecule has 0 radical (unpaired) electrons. The molecule has 2 rings (SSSR count). The highest BCUT2D eigenvalue weighted by molar-refractivity contribution is 7.98. The van der Waals surface area contributed by atoms with E-state index in [9.17, 15) is 14.7 Å². The Morgan fingerprint density at radius 3 is 2.76 bits per heavy atom. The van der Waals surface area contributed by atoms with Gasteiger partial charge in [-0.15, -0.1) is 11.8 Å². The Hall–Kier alpha value is -1.20. The Morgan fingerprint density at radius 1 is 1.43 bits per heavy atom. The van der Waals surface area contributed by atoms with Crippen LogP contribution in [0.3, 0.4) is 0 Å². The van der Waals surface area contributed by atoms with E-state index in [-0.39, 0.29) is 5.91 Å². The van der Waals surface area contributed by atoms with Gasteiger partial charge in [0, 0.05) is 11.4 Å². The number of thioether (sulfide) groups is 1. The number of hydrogen-bond donors (Lipinski definition) is 1. The minimum atomic E-state index is -0.952. The molecule has 1 amide bonds. The van der Waals surface area contributed by atoms with E-state index in [1.165, 1.54) is 16.7 Å². The van der Waals surface area contributed by atoms with E-state index in [1.807, 2.05) is 19.2 Å². The number of likely N-dealkylation sites (tertiary alicyclic amines) is 1. The number of halogens is 1. The maximum absolute atomic E-state index is 12.7. The van der Waals surface area contributed by atoms with E-state index >= 15 is 0 Å². The first-order valence-electron chi connectivity index (χ1n) is 6.81. The van der Waals surface area contributed by atoms with E-state index in [1.54, 1.807) is 12.1 Å². The van der Waals surface area contributed by atoms with Crippen LogP contribution in [-0.4, -0.2) is 40.7 Å². The van der Waals surface area contributed by atoms with Crippen LogP contribution in [0.2, 0.25) is 5.02 Å². The number of benzene rings is 1. The van der Waals surface area contributed by atoms with Gasteiger partial charge in [-0.2, -0.15) is 0 Å². The Bertz CT molecular complexity index is 564. The van der Waals surface area contributed by atoms with Crippen molar-refractivity contribution >= 4 is 35.2 Å². The topological polar surface area (TPSA) is 57.6 Å². The maximum Gasteiger partial charge on any atom is 0.326 e. The van der Waals surface area contributed by atoms with Crippen molar-refractivity contribution in [3.8, 4) is 0 Å². The standard InChI is InChI=1S/C15H18ClNO3S/c1-9-5-6-17(13(7-9)15(19)20)14(18)11-8-10(21-2)3-4-12(11)16/h3-4,8-9,13H,5-7H2,1-2H3,(H,19,20). The first kappa shape index (κ1) is 16.2. The summed E-state index contributed by atoms with van der Waals surface area (Å²) in [5, 5.41) is 9.72. The molecular formula is C15H18ClNO3S. The smallest absolute Gasteiger partial charge is 0.326 e. The van der Waals surface area contributed by atoms with Crippen molar-refractivity contribution in [3.63, 3.8) is 0 Å². The number of amides is 1. The maximum atomic E-state index is 12.7. The fourth-order valence-corrected chi connectivity index (χ4v) is 3.21. The quantitative estimate of drug-likeness (QED) is 0.865. The van der Waals surface area contributed by atoms with E-state index < -0.39 is 12.0 Å². The number of carbonyl (C=O) groups excluding carboxylic acids is 1. The molecule has 0 saturated carbocycles. The lowest BCUT2D eigenvalue weighted by molar-refractivity contribution is -0.144. The Kier molecular flexibility index (Phi) is 5.17. The molecule has 6 heteroatoms. The molecule has 0 aliphatic carbocycles. The molecule has 1 N–H and O–H groups in total. The minimum Gasteiger partial charge on any atom is -0.480 e. The van der Waals surface area contributed by atoms with E-state index in [2.05, 4.69) is 0 Å². The van der Waals surface area contributed by atoms with Crippen molar-refractivity contribution in [3.05, 3.63) is 28.8 Å². The summed E-state index contributed by atoms with van der Waals surface area (Å²) in [5.74, 6) is -0.939. The summed E-state index contributed by atoms with van der Waals surface area (Å²) in [4.78, 5) is 26.5. The van der Waals surface area contributed by atoms with Gasteiger partial charge in [0.1, 0.15) is 6.04 Å². The summed E-state index contributed by atoms with van der Waals surface area (Å²) in [6, 6.07) is 4.49. The van der Waals surface area contributed by atoms with Crippen LogP contribution < -0.4 is 0 Å². The van der Waals surface area contributed by atoms with Crippen molar-refractivity contribution in [1.82, 2.24) is 4.90 Å². The van der Waals surface area contributed by atoms with E-state index in [0.717, 1.165) is 11.3 Å². The number of carboxylic acid groups (broad SMARTS) is 1. The molecule has 1 aromatic rings. The molecule has 1 aromatic carbocycles. The molecular weight excluding hydrogens is 310 g/mol. The number of rotatable bonds is 3. The molecule has 2 unspecified atom stereocenters. The van der Waals surface area contributed by atoms with Gasteiger partial charge in [0.2, 0.25) is 0 Å². The molecule has 0 spiro atoms. The normalized spacial score (nSPS) is 22.1. The number of nitrogens with zero attached hydrogens (tertiary/aromatic N) is 1. The number of aliphatic carboxylic acids is 1. The molecule has 4 nitrogen and oxygen atoms in total. The molecule has 1 saturated heterocycles. The zero-order valence-electron chi connectivity index (χ0n) is 12.0. The fraction of sp³-hybridized carbons (Fsp3) is 0.467. The minimum absolute atomic E-state index is 0.296. The summed E-state index contributed by atoms with van der Waals surface area (Å²) in [5.41, 5.74) is 0.379. The molecule has 21 heavy (non-hydrogen) atoms. The largest absolute Gasteiger partial charge is 0.480 e. The number of hydrogen-bond acceptors (Lipinski definition) is 3. The summed E-state index contributed by atoms with van der Waals surface area (Å²) in [6.45, 7) is 2.47. The lowest BCUT2D eigenvalue weighted by Crippen LogP contribution is -2.49. The predicted molar refractivity (Wildman–Crippen MR) is 84.1 cm³/mol. The first-order chi connectivity index (χ1) is 9.93. The van der Waals surface area contributed by atoms with Crippen molar-refractivity contribution in [1.29, 1.82) is 0 Å². The Labute approximate surface area is 133 Å². The van der Waals surface area contributed by atoms with Gasteiger partial charge in [0.25, 0.3) is 5.91 Å². The lowest BCUT2D eigenvalue weighted by atomic mass is 9.92.